The zero-order valence-electron chi connectivity index (χ0n) is 19.5. The van der Waals surface area contributed by atoms with Crippen LogP contribution >= 0.6 is 0 Å². The second-order valence-corrected chi connectivity index (χ2v) is 8.95. The molecule has 1 aromatic heterocycles. The van der Waals surface area contributed by atoms with Crippen molar-refractivity contribution in [3.8, 4) is 11.5 Å². The highest BCUT2D eigenvalue weighted by atomic mass is 19.2. The number of halogens is 6. The van der Waals surface area contributed by atoms with Crippen molar-refractivity contribution in [2.45, 2.75) is 13.0 Å². The van der Waals surface area contributed by atoms with Gasteiger partial charge in [0.1, 0.15) is 17.9 Å². The second kappa shape index (κ2) is 8.98. The van der Waals surface area contributed by atoms with Gasteiger partial charge in [-0.2, -0.15) is 8.78 Å². The summed E-state index contributed by atoms with van der Waals surface area (Å²) in [7, 11) is 1.93. The number of nitrogens with zero attached hydrogens (tertiary/aromatic N) is 3. The number of carbonyl (C=O) groups is 1. The Kier molecular flexibility index (Phi) is 6.05. The summed E-state index contributed by atoms with van der Waals surface area (Å²) < 4.78 is 95.6. The molecule has 13 heteroatoms. The first-order chi connectivity index (χ1) is 17.5. The fourth-order valence-corrected chi connectivity index (χ4v) is 4.50. The van der Waals surface area contributed by atoms with Gasteiger partial charge in [-0.1, -0.05) is 0 Å². The van der Waals surface area contributed by atoms with Crippen LogP contribution in [0.4, 0.5) is 32.0 Å². The Morgan fingerprint density at radius 1 is 0.973 bits per heavy atom. The standard InChI is InChI=1S/C24H19F6N3O4/c1-10-9-36-23-19-11(7-13(25)20(23)32-5-3-31(2)4-6-32)21(34)12(8-33(10)19)24(35)37-22-17(29)15(27)14(26)16(28)18(22)30/h7-8,10H,3-6,9H2,1-2H3. The molecule has 0 bridgehead atoms. The fraction of sp³-hybridized carbons (Fsp3) is 0.333. The minimum absolute atomic E-state index is 0.0430. The molecular formula is C24H19F6N3O4. The van der Waals surface area contributed by atoms with Crippen LogP contribution in [0.1, 0.15) is 23.3 Å². The lowest BCUT2D eigenvalue weighted by Crippen LogP contribution is -2.45. The van der Waals surface area contributed by atoms with Crippen LogP contribution in [0.2, 0.25) is 0 Å². The molecule has 0 saturated carbocycles. The number of pyridine rings is 1. The molecule has 1 atom stereocenters. The first-order valence-corrected chi connectivity index (χ1v) is 11.2. The summed E-state index contributed by atoms with van der Waals surface area (Å²) in [6.45, 7) is 4.07. The largest absolute Gasteiger partial charge is 0.487 e. The van der Waals surface area contributed by atoms with Gasteiger partial charge in [0.25, 0.3) is 0 Å². The number of piperazine rings is 1. The van der Waals surface area contributed by atoms with E-state index >= 15 is 4.39 Å². The summed E-state index contributed by atoms with van der Waals surface area (Å²) in [5, 5.41) is -0.274. The van der Waals surface area contributed by atoms with Crippen molar-refractivity contribution in [1.29, 1.82) is 0 Å². The summed E-state index contributed by atoms with van der Waals surface area (Å²) in [6.07, 6.45) is 1.04. The van der Waals surface area contributed by atoms with Crippen molar-refractivity contribution in [3.05, 3.63) is 63.0 Å². The Morgan fingerprint density at radius 2 is 1.57 bits per heavy atom. The zero-order chi connectivity index (χ0) is 26.8. The molecule has 2 aliphatic heterocycles. The van der Waals surface area contributed by atoms with E-state index in [9.17, 15) is 31.5 Å². The lowest BCUT2D eigenvalue weighted by molar-refractivity contribution is 0.0713. The van der Waals surface area contributed by atoms with E-state index in [-0.39, 0.29) is 28.9 Å². The molecule has 1 saturated heterocycles. The van der Waals surface area contributed by atoms with Crippen molar-refractivity contribution in [1.82, 2.24) is 9.47 Å². The third-order valence-electron chi connectivity index (χ3n) is 6.55. The van der Waals surface area contributed by atoms with Crippen molar-refractivity contribution < 1.29 is 40.6 Å². The van der Waals surface area contributed by atoms with Crippen LogP contribution in [-0.2, 0) is 0 Å². The predicted molar refractivity (Wildman–Crippen MR) is 119 cm³/mol. The first kappa shape index (κ1) is 24.9. The van der Waals surface area contributed by atoms with Crippen LogP contribution in [0.25, 0.3) is 10.9 Å². The van der Waals surface area contributed by atoms with Gasteiger partial charge in [-0.15, -0.1) is 0 Å². The second-order valence-electron chi connectivity index (χ2n) is 8.95. The summed E-state index contributed by atoms with van der Waals surface area (Å²) in [5.74, 6) is -16.0. The van der Waals surface area contributed by atoms with Gasteiger partial charge in [-0.05, 0) is 20.0 Å². The van der Waals surface area contributed by atoms with Gasteiger partial charge in [0.2, 0.25) is 40.3 Å². The van der Waals surface area contributed by atoms with E-state index in [0.29, 0.717) is 26.2 Å². The number of hydrogen-bond donors (Lipinski definition) is 0. The number of aromatic nitrogens is 1. The molecule has 1 fully saturated rings. The highest BCUT2D eigenvalue weighted by molar-refractivity contribution is 5.98. The fourth-order valence-electron chi connectivity index (χ4n) is 4.50. The van der Waals surface area contributed by atoms with E-state index < -0.39 is 63.7 Å². The van der Waals surface area contributed by atoms with Crippen LogP contribution in [0.3, 0.4) is 0 Å². The number of esters is 1. The molecule has 0 spiro atoms. The van der Waals surface area contributed by atoms with E-state index in [4.69, 9.17) is 4.74 Å². The third kappa shape index (κ3) is 3.88. The van der Waals surface area contributed by atoms with E-state index in [1.807, 2.05) is 7.05 Å². The Hall–Kier alpha value is -3.74. The molecular weight excluding hydrogens is 508 g/mol. The van der Waals surface area contributed by atoms with Crippen LogP contribution in [0.15, 0.2) is 17.1 Å². The van der Waals surface area contributed by atoms with E-state index in [2.05, 4.69) is 9.64 Å². The highest BCUT2D eigenvalue weighted by Crippen LogP contribution is 2.42. The topological polar surface area (TPSA) is 64.0 Å². The molecule has 3 heterocycles. The highest BCUT2D eigenvalue weighted by Gasteiger charge is 2.33. The quantitative estimate of drug-likeness (QED) is 0.170. The number of rotatable bonds is 3. The molecule has 5 rings (SSSR count). The predicted octanol–water partition coefficient (Wildman–Crippen LogP) is 3.76. The van der Waals surface area contributed by atoms with Gasteiger partial charge in [-0.25, -0.2) is 22.4 Å². The normalized spacial score (nSPS) is 17.7. The van der Waals surface area contributed by atoms with Gasteiger partial charge in [0, 0.05) is 32.4 Å². The number of benzene rings is 2. The molecule has 0 radical (unpaired) electrons. The smallest absolute Gasteiger partial charge is 0.349 e. The van der Waals surface area contributed by atoms with Crippen molar-refractivity contribution in [2.24, 2.45) is 0 Å². The molecule has 3 aromatic rings. The molecule has 0 amide bonds. The maximum atomic E-state index is 15.4. The Bertz CT molecular complexity index is 1490. The van der Waals surface area contributed by atoms with Gasteiger partial charge in [0.05, 0.1) is 16.9 Å². The van der Waals surface area contributed by atoms with Crippen molar-refractivity contribution in [2.75, 3.05) is 44.7 Å². The van der Waals surface area contributed by atoms with E-state index in [1.54, 1.807) is 11.8 Å². The summed E-state index contributed by atoms with van der Waals surface area (Å²) in [5.41, 5.74) is -1.49. The lowest BCUT2D eigenvalue weighted by atomic mass is 10.1. The summed E-state index contributed by atoms with van der Waals surface area (Å²) in [6, 6.07) is 0.462. The number of hydrogen-bond acceptors (Lipinski definition) is 6. The average Bonchev–Trinajstić information content (AvgIpc) is 2.88. The molecule has 2 aromatic carbocycles. The van der Waals surface area contributed by atoms with Crippen LogP contribution in [0.5, 0.6) is 11.5 Å². The number of likely N-dealkylation sites (N-methyl/N-ethyl adjacent to an activating group) is 1. The molecule has 1 unspecified atom stereocenters. The molecule has 0 aliphatic carbocycles. The number of ether oxygens (including phenoxy) is 2. The molecule has 0 N–H and O–H groups in total. The first-order valence-electron chi connectivity index (χ1n) is 11.2. The van der Waals surface area contributed by atoms with Crippen molar-refractivity contribution in [3.63, 3.8) is 0 Å². The maximum Gasteiger partial charge on any atom is 0.349 e. The molecule has 196 valence electrons. The molecule has 7 nitrogen and oxygen atoms in total. The van der Waals surface area contributed by atoms with E-state index in [0.717, 1.165) is 12.3 Å². The van der Waals surface area contributed by atoms with Crippen LogP contribution in [0, 0.1) is 34.9 Å². The average molecular weight is 527 g/mol. The summed E-state index contributed by atoms with van der Waals surface area (Å²) in [4.78, 5) is 29.8. The van der Waals surface area contributed by atoms with Crippen LogP contribution < -0.4 is 19.8 Å². The molecule has 37 heavy (non-hydrogen) atoms. The van der Waals surface area contributed by atoms with Gasteiger partial charge >= 0.3 is 5.97 Å². The lowest BCUT2D eigenvalue weighted by Gasteiger charge is -2.37. The minimum Gasteiger partial charge on any atom is -0.487 e. The minimum atomic E-state index is -2.43. The molecule has 2 aliphatic rings. The zero-order valence-corrected chi connectivity index (χ0v) is 19.5. The van der Waals surface area contributed by atoms with Crippen molar-refractivity contribution >= 4 is 22.6 Å². The summed E-state index contributed by atoms with van der Waals surface area (Å²) >= 11 is 0. The Balaban J connectivity index is 1.64. The monoisotopic (exact) mass is 527 g/mol. The number of anilines is 1. The van der Waals surface area contributed by atoms with Gasteiger partial charge in [0.15, 0.2) is 11.6 Å². The maximum absolute atomic E-state index is 15.4. The Labute approximate surface area is 205 Å². The van der Waals surface area contributed by atoms with Gasteiger partial charge < -0.3 is 23.8 Å². The number of carbonyl (C=O) groups excluding carboxylic acids is 1. The van der Waals surface area contributed by atoms with Crippen LogP contribution in [-0.4, -0.2) is 55.3 Å². The SMILES string of the molecule is CC1COc2c(N3CCN(C)CC3)c(F)cc3c(=O)c(C(=O)Oc4c(F)c(F)c(F)c(F)c4F)cn1c23. The Morgan fingerprint density at radius 3 is 2.19 bits per heavy atom. The van der Waals surface area contributed by atoms with Gasteiger partial charge in [-0.3, -0.25) is 4.79 Å². The third-order valence-corrected chi connectivity index (χ3v) is 6.55. The van der Waals surface area contributed by atoms with E-state index in [1.165, 1.54) is 4.57 Å².